The third kappa shape index (κ3) is 6.46. The first-order valence-corrected chi connectivity index (χ1v) is 8.97. The van der Waals surface area contributed by atoms with Crippen molar-refractivity contribution in [2.45, 2.75) is 13.8 Å². The SMILES string of the molecule is CCNC(=NCC(=O)Nc1ccc(F)cc1)Nc1ccc(OCC)c(OC)c1. The van der Waals surface area contributed by atoms with E-state index >= 15 is 0 Å². The number of anilines is 2. The lowest BCUT2D eigenvalue weighted by Crippen LogP contribution is -2.31. The molecule has 0 bridgehead atoms. The molecule has 0 radical (unpaired) electrons. The fraction of sp³-hybridized carbons (Fsp3) is 0.300. The number of aliphatic imine (C=N–C) groups is 1. The minimum absolute atomic E-state index is 0.0964. The van der Waals surface area contributed by atoms with Crippen LogP contribution < -0.4 is 25.4 Å². The highest BCUT2D eigenvalue weighted by atomic mass is 19.1. The van der Waals surface area contributed by atoms with Crippen molar-refractivity contribution in [2.75, 3.05) is 37.4 Å². The van der Waals surface area contributed by atoms with Crippen LogP contribution in [0, 0.1) is 5.82 Å². The molecule has 7 nitrogen and oxygen atoms in total. The van der Waals surface area contributed by atoms with Gasteiger partial charge in [0.1, 0.15) is 12.4 Å². The van der Waals surface area contributed by atoms with E-state index in [0.717, 1.165) is 5.69 Å². The molecule has 0 aliphatic carbocycles. The van der Waals surface area contributed by atoms with Crippen LogP contribution in [0.25, 0.3) is 0 Å². The van der Waals surface area contributed by atoms with E-state index in [1.807, 2.05) is 19.9 Å². The summed E-state index contributed by atoms with van der Waals surface area (Å²) in [7, 11) is 1.57. The number of methoxy groups -OCH3 is 1. The van der Waals surface area contributed by atoms with Crippen LogP contribution in [0.3, 0.4) is 0 Å². The van der Waals surface area contributed by atoms with E-state index in [4.69, 9.17) is 9.47 Å². The average Bonchev–Trinajstić information content (AvgIpc) is 2.69. The second-order valence-corrected chi connectivity index (χ2v) is 5.67. The van der Waals surface area contributed by atoms with Gasteiger partial charge >= 0.3 is 0 Å². The number of nitrogens with zero attached hydrogens (tertiary/aromatic N) is 1. The molecule has 3 N–H and O–H groups in total. The molecule has 2 rings (SSSR count). The summed E-state index contributed by atoms with van der Waals surface area (Å²) < 4.78 is 23.8. The molecule has 0 unspecified atom stereocenters. The highest BCUT2D eigenvalue weighted by molar-refractivity contribution is 5.97. The fourth-order valence-corrected chi connectivity index (χ4v) is 2.35. The zero-order chi connectivity index (χ0) is 20.4. The molecule has 0 saturated carbocycles. The standard InChI is InChI=1S/C20H25FN4O3/c1-4-22-20(23-13-19(26)24-15-8-6-14(21)7-9-15)25-16-10-11-17(28-5-2)18(12-16)27-3/h6-12H,4-5,13H2,1-3H3,(H,24,26)(H2,22,23,25). The number of amides is 1. The van der Waals surface area contributed by atoms with Crippen molar-refractivity contribution >= 4 is 23.2 Å². The molecule has 0 fully saturated rings. The molecule has 0 atom stereocenters. The Balaban J connectivity index is 2.03. The summed E-state index contributed by atoms with van der Waals surface area (Å²) in [6, 6.07) is 11.0. The Morgan fingerprint density at radius 3 is 2.39 bits per heavy atom. The average molecular weight is 388 g/mol. The van der Waals surface area contributed by atoms with Gasteiger partial charge in [-0.1, -0.05) is 0 Å². The number of carbonyl (C=O) groups excluding carboxylic acids is 1. The van der Waals surface area contributed by atoms with Gasteiger partial charge in [0.05, 0.1) is 13.7 Å². The quantitative estimate of drug-likeness (QED) is 0.478. The number of benzene rings is 2. The maximum Gasteiger partial charge on any atom is 0.246 e. The van der Waals surface area contributed by atoms with Crippen LogP contribution in [0.1, 0.15) is 13.8 Å². The van der Waals surface area contributed by atoms with Gasteiger partial charge in [0.25, 0.3) is 0 Å². The fourth-order valence-electron chi connectivity index (χ4n) is 2.35. The molecule has 2 aromatic rings. The van der Waals surface area contributed by atoms with Gasteiger partial charge in [0.2, 0.25) is 5.91 Å². The van der Waals surface area contributed by atoms with E-state index < -0.39 is 0 Å². The molecule has 0 spiro atoms. The normalized spacial score (nSPS) is 10.9. The van der Waals surface area contributed by atoms with Crippen LogP contribution in [-0.2, 0) is 4.79 Å². The molecule has 0 aliphatic heterocycles. The summed E-state index contributed by atoms with van der Waals surface area (Å²) >= 11 is 0. The second kappa shape index (κ2) is 10.8. The van der Waals surface area contributed by atoms with Crippen molar-refractivity contribution in [1.29, 1.82) is 0 Å². The van der Waals surface area contributed by atoms with Gasteiger partial charge < -0.3 is 25.4 Å². The van der Waals surface area contributed by atoms with Crippen molar-refractivity contribution in [1.82, 2.24) is 5.32 Å². The molecule has 0 saturated heterocycles. The molecule has 0 aromatic heterocycles. The largest absolute Gasteiger partial charge is 0.493 e. The third-order valence-electron chi connectivity index (χ3n) is 3.58. The number of hydrogen-bond acceptors (Lipinski definition) is 4. The summed E-state index contributed by atoms with van der Waals surface area (Å²) in [5.74, 6) is 1.02. The van der Waals surface area contributed by atoms with E-state index in [2.05, 4.69) is 20.9 Å². The summed E-state index contributed by atoms with van der Waals surface area (Å²) in [5.41, 5.74) is 1.25. The molecule has 1 amide bonds. The Bertz CT molecular complexity index is 810. The van der Waals surface area contributed by atoms with Crippen molar-refractivity contribution in [2.24, 2.45) is 4.99 Å². The number of nitrogens with one attached hydrogen (secondary N) is 3. The highest BCUT2D eigenvalue weighted by Crippen LogP contribution is 2.30. The van der Waals surface area contributed by atoms with E-state index in [-0.39, 0.29) is 18.3 Å². The van der Waals surface area contributed by atoms with Gasteiger partial charge in [0, 0.05) is 24.0 Å². The number of halogens is 1. The van der Waals surface area contributed by atoms with E-state index in [9.17, 15) is 9.18 Å². The van der Waals surface area contributed by atoms with Crippen molar-refractivity contribution in [3.05, 3.63) is 48.3 Å². The zero-order valence-corrected chi connectivity index (χ0v) is 16.2. The van der Waals surface area contributed by atoms with Crippen molar-refractivity contribution in [3.63, 3.8) is 0 Å². The lowest BCUT2D eigenvalue weighted by Gasteiger charge is -2.14. The van der Waals surface area contributed by atoms with Gasteiger partial charge in [-0.3, -0.25) is 4.79 Å². The van der Waals surface area contributed by atoms with Crippen LogP contribution in [0.2, 0.25) is 0 Å². The van der Waals surface area contributed by atoms with Gasteiger partial charge in [-0.05, 0) is 50.2 Å². The van der Waals surface area contributed by atoms with Gasteiger partial charge in [-0.25, -0.2) is 9.38 Å². The summed E-state index contributed by atoms with van der Waals surface area (Å²) in [4.78, 5) is 16.3. The smallest absolute Gasteiger partial charge is 0.246 e. The lowest BCUT2D eigenvalue weighted by molar-refractivity contribution is -0.114. The first-order valence-electron chi connectivity index (χ1n) is 8.97. The summed E-state index contributed by atoms with van der Waals surface area (Å²) in [6.45, 7) is 4.89. The number of rotatable bonds is 8. The Kier molecular flexibility index (Phi) is 8.08. The van der Waals surface area contributed by atoms with Crippen LogP contribution >= 0.6 is 0 Å². The number of ether oxygens (including phenoxy) is 2. The molecule has 8 heteroatoms. The topological polar surface area (TPSA) is 84.0 Å². The molecule has 2 aromatic carbocycles. The Morgan fingerprint density at radius 1 is 1.04 bits per heavy atom. The second-order valence-electron chi connectivity index (χ2n) is 5.67. The minimum atomic E-state index is -0.361. The Hall–Kier alpha value is -3.29. The first-order chi connectivity index (χ1) is 13.5. The minimum Gasteiger partial charge on any atom is -0.493 e. The van der Waals surface area contributed by atoms with Crippen molar-refractivity contribution in [3.8, 4) is 11.5 Å². The van der Waals surface area contributed by atoms with Gasteiger partial charge in [-0.2, -0.15) is 0 Å². The monoisotopic (exact) mass is 388 g/mol. The highest BCUT2D eigenvalue weighted by Gasteiger charge is 2.08. The zero-order valence-electron chi connectivity index (χ0n) is 16.2. The van der Waals surface area contributed by atoms with Crippen LogP contribution in [0.15, 0.2) is 47.5 Å². The lowest BCUT2D eigenvalue weighted by atomic mass is 10.2. The van der Waals surface area contributed by atoms with Crippen molar-refractivity contribution < 1.29 is 18.7 Å². The van der Waals surface area contributed by atoms with E-state index in [0.29, 0.717) is 36.3 Å². The predicted octanol–water partition coefficient (Wildman–Crippen LogP) is 3.25. The van der Waals surface area contributed by atoms with E-state index in [1.54, 1.807) is 19.2 Å². The Labute approximate surface area is 164 Å². The van der Waals surface area contributed by atoms with Crippen LogP contribution in [0.4, 0.5) is 15.8 Å². The van der Waals surface area contributed by atoms with Gasteiger partial charge in [0.15, 0.2) is 17.5 Å². The molecule has 28 heavy (non-hydrogen) atoms. The Morgan fingerprint density at radius 2 is 1.75 bits per heavy atom. The molecule has 150 valence electrons. The summed E-state index contributed by atoms with van der Waals surface area (Å²) in [6.07, 6.45) is 0. The number of carbonyl (C=O) groups is 1. The molecule has 0 heterocycles. The van der Waals surface area contributed by atoms with Crippen LogP contribution in [0.5, 0.6) is 11.5 Å². The number of guanidine groups is 1. The molecular formula is C20H25FN4O3. The number of hydrogen-bond donors (Lipinski definition) is 3. The molecule has 0 aliphatic rings. The maximum atomic E-state index is 12.9. The van der Waals surface area contributed by atoms with Gasteiger partial charge in [-0.15, -0.1) is 0 Å². The third-order valence-corrected chi connectivity index (χ3v) is 3.58. The summed E-state index contributed by atoms with van der Waals surface area (Å²) in [5, 5.41) is 8.86. The molecular weight excluding hydrogens is 363 g/mol. The van der Waals surface area contributed by atoms with E-state index in [1.165, 1.54) is 24.3 Å². The maximum absolute atomic E-state index is 12.9. The predicted molar refractivity (Wildman–Crippen MR) is 109 cm³/mol. The van der Waals surface area contributed by atoms with Crippen LogP contribution in [-0.4, -0.2) is 38.7 Å². The first kappa shape index (κ1) is 21.0.